The molecule has 0 radical (unpaired) electrons. The van der Waals surface area contributed by atoms with Gasteiger partial charge in [0.15, 0.2) is 0 Å². The maximum Gasteiger partial charge on any atom is 0.224 e. The summed E-state index contributed by atoms with van der Waals surface area (Å²) in [4.78, 5) is 12.0. The highest BCUT2D eigenvalue weighted by atomic mass is 16.5. The lowest BCUT2D eigenvalue weighted by Gasteiger charge is -2.14. The summed E-state index contributed by atoms with van der Waals surface area (Å²) in [7, 11) is 1.67. The number of carbonyl (C=O) groups excluding carboxylic acids is 1. The average molecular weight is 264 g/mol. The van der Waals surface area contributed by atoms with Crippen molar-refractivity contribution >= 4 is 11.6 Å². The van der Waals surface area contributed by atoms with Crippen LogP contribution in [0.5, 0.6) is 0 Å². The lowest BCUT2D eigenvalue weighted by molar-refractivity contribution is -0.117. The van der Waals surface area contributed by atoms with Crippen molar-refractivity contribution in [1.29, 1.82) is 0 Å². The number of para-hydroxylation sites is 1. The van der Waals surface area contributed by atoms with Crippen LogP contribution in [-0.2, 0) is 16.0 Å². The quantitative estimate of drug-likeness (QED) is 0.756. The second-order valence-electron chi connectivity index (χ2n) is 4.66. The summed E-state index contributed by atoms with van der Waals surface area (Å²) in [5.74, 6) is 0.285. The Balaban J connectivity index is 2.62. The van der Waals surface area contributed by atoms with Crippen LogP contribution in [-0.4, -0.2) is 26.2 Å². The highest BCUT2D eigenvalue weighted by molar-refractivity contribution is 5.91. The first-order valence-electron chi connectivity index (χ1n) is 6.78. The Morgan fingerprint density at radius 3 is 2.79 bits per heavy atom. The molecule has 1 amide bonds. The van der Waals surface area contributed by atoms with Gasteiger partial charge < -0.3 is 15.8 Å². The molecular formula is C15H24N2O2. The summed E-state index contributed by atoms with van der Waals surface area (Å²) in [6.45, 7) is 3.25. The van der Waals surface area contributed by atoms with E-state index in [2.05, 4.69) is 12.2 Å². The van der Waals surface area contributed by atoms with Gasteiger partial charge in [-0.1, -0.05) is 31.5 Å². The molecule has 4 heteroatoms. The summed E-state index contributed by atoms with van der Waals surface area (Å²) >= 11 is 0. The van der Waals surface area contributed by atoms with E-state index in [1.54, 1.807) is 7.11 Å². The summed E-state index contributed by atoms with van der Waals surface area (Å²) in [6, 6.07) is 7.82. The second kappa shape index (κ2) is 8.67. The van der Waals surface area contributed by atoms with Gasteiger partial charge in [0.2, 0.25) is 5.91 Å². The first kappa shape index (κ1) is 15.7. The Hall–Kier alpha value is -1.39. The standard InChI is InChI=1S/C15H24N2O2/c1-3-12(11-16)10-15(18)17-14-7-5-4-6-13(14)8-9-19-2/h4-7,12H,3,8-11,16H2,1-2H3,(H,17,18). The number of benzene rings is 1. The van der Waals surface area contributed by atoms with Crippen molar-refractivity contribution in [2.45, 2.75) is 26.2 Å². The minimum absolute atomic E-state index is 0.0298. The highest BCUT2D eigenvalue weighted by Crippen LogP contribution is 2.17. The Morgan fingerprint density at radius 1 is 1.42 bits per heavy atom. The lowest BCUT2D eigenvalue weighted by Crippen LogP contribution is -2.22. The number of carbonyl (C=O) groups is 1. The molecule has 0 bridgehead atoms. The first-order valence-corrected chi connectivity index (χ1v) is 6.78. The van der Waals surface area contributed by atoms with Crippen molar-refractivity contribution in [3.63, 3.8) is 0 Å². The van der Waals surface area contributed by atoms with Gasteiger partial charge in [-0.05, 0) is 30.5 Å². The van der Waals surface area contributed by atoms with E-state index in [4.69, 9.17) is 10.5 Å². The fraction of sp³-hybridized carbons (Fsp3) is 0.533. The molecule has 1 rings (SSSR count). The van der Waals surface area contributed by atoms with Crippen molar-refractivity contribution < 1.29 is 9.53 Å². The molecule has 1 unspecified atom stereocenters. The second-order valence-corrected chi connectivity index (χ2v) is 4.66. The molecule has 4 nitrogen and oxygen atoms in total. The predicted molar refractivity (Wildman–Crippen MR) is 78.1 cm³/mol. The summed E-state index contributed by atoms with van der Waals surface area (Å²) in [6.07, 6.45) is 2.20. The monoisotopic (exact) mass is 264 g/mol. The first-order chi connectivity index (χ1) is 9.21. The molecule has 0 spiro atoms. The van der Waals surface area contributed by atoms with Crippen LogP contribution in [0.3, 0.4) is 0 Å². The van der Waals surface area contributed by atoms with Crippen molar-refractivity contribution in [3.05, 3.63) is 29.8 Å². The van der Waals surface area contributed by atoms with Gasteiger partial charge in [-0.15, -0.1) is 0 Å². The molecule has 0 aliphatic carbocycles. The van der Waals surface area contributed by atoms with E-state index in [9.17, 15) is 4.79 Å². The fourth-order valence-electron chi connectivity index (χ4n) is 1.93. The van der Waals surface area contributed by atoms with Gasteiger partial charge in [0.1, 0.15) is 0 Å². The van der Waals surface area contributed by atoms with E-state index in [1.807, 2.05) is 24.3 Å². The Bertz CT molecular complexity index is 389. The Labute approximate surface area is 115 Å². The zero-order chi connectivity index (χ0) is 14.1. The number of hydrogen-bond acceptors (Lipinski definition) is 3. The van der Waals surface area contributed by atoms with Gasteiger partial charge in [-0.3, -0.25) is 4.79 Å². The summed E-state index contributed by atoms with van der Waals surface area (Å²) < 4.78 is 5.08. The summed E-state index contributed by atoms with van der Waals surface area (Å²) in [5, 5.41) is 2.97. The van der Waals surface area contributed by atoms with Gasteiger partial charge in [0, 0.05) is 19.2 Å². The molecular weight excluding hydrogens is 240 g/mol. The maximum absolute atomic E-state index is 12.0. The van der Waals surface area contributed by atoms with Crippen LogP contribution in [0.25, 0.3) is 0 Å². The largest absolute Gasteiger partial charge is 0.384 e. The topological polar surface area (TPSA) is 64.4 Å². The highest BCUT2D eigenvalue weighted by Gasteiger charge is 2.12. The number of amides is 1. The molecule has 3 N–H and O–H groups in total. The minimum atomic E-state index is 0.0298. The molecule has 0 fully saturated rings. The molecule has 0 saturated heterocycles. The fourth-order valence-corrected chi connectivity index (χ4v) is 1.93. The van der Waals surface area contributed by atoms with Crippen molar-refractivity contribution in [2.75, 3.05) is 25.6 Å². The van der Waals surface area contributed by atoms with Gasteiger partial charge >= 0.3 is 0 Å². The van der Waals surface area contributed by atoms with E-state index < -0.39 is 0 Å². The summed E-state index contributed by atoms with van der Waals surface area (Å²) in [5.41, 5.74) is 7.59. The molecule has 106 valence electrons. The smallest absolute Gasteiger partial charge is 0.224 e. The normalized spacial score (nSPS) is 12.2. The van der Waals surface area contributed by atoms with Crippen LogP contribution in [0.2, 0.25) is 0 Å². The minimum Gasteiger partial charge on any atom is -0.384 e. The molecule has 0 aliphatic rings. The number of hydrogen-bond donors (Lipinski definition) is 2. The zero-order valence-corrected chi connectivity index (χ0v) is 11.8. The molecule has 1 atom stereocenters. The van der Waals surface area contributed by atoms with Crippen LogP contribution in [0.15, 0.2) is 24.3 Å². The van der Waals surface area contributed by atoms with E-state index in [-0.39, 0.29) is 11.8 Å². The van der Waals surface area contributed by atoms with Crippen molar-refractivity contribution in [2.24, 2.45) is 11.7 Å². The van der Waals surface area contributed by atoms with Gasteiger partial charge in [0.25, 0.3) is 0 Å². The average Bonchev–Trinajstić information content (AvgIpc) is 2.43. The van der Waals surface area contributed by atoms with E-state index in [0.29, 0.717) is 19.6 Å². The van der Waals surface area contributed by atoms with Crippen LogP contribution in [0, 0.1) is 5.92 Å². The Morgan fingerprint density at radius 2 is 2.16 bits per heavy atom. The van der Waals surface area contributed by atoms with Crippen LogP contribution in [0.4, 0.5) is 5.69 Å². The molecule has 19 heavy (non-hydrogen) atoms. The maximum atomic E-state index is 12.0. The Kier molecular flexibility index (Phi) is 7.15. The number of rotatable bonds is 8. The third kappa shape index (κ3) is 5.41. The molecule has 1 aromatic rings. The number of anilines is 1. The molecule has 0 aliphatic heterocycles. The lowest BCUT2D eigenvalue weighted by atomic mass is 10.0. The molecule has 1 aromatic carbocycles. The van der Waals surface area contributed by atoms with Crippen molar-refractivity contribution in [1.82, 2.24) is 0 Å². The van der Waals surface area contributed by atoms with Crippen molar-refractivity contribution in [3.8, 4) is 0 Å². The van der Waals surface area contributed by atoms with Gasteiger partial charge in [-0.2, -0.15) is 0 Å². The number of ether oxygens (including phenoxy) is 1. The molecule has 0 saturated carbocycles. The van der Waals surface area contributed by atoms with Gasteiger partial charge in [-0.25, -0.2) is 0 Å². The SMILES string of the molecule is CCC(CN)CC(=O)Nc1ccccc1CCOC. The van der Waals surface area contributed by atoms with E-state index >= 15 is 0 Å². The third-order valence-electron chi connectivity index (χ3n) is 3.25. The van der Waals surface area contributed by atoms with E-state index in [1.165, 1.54) is 0 Å². The zero-order valence-electron chi connectivity index (χ0n) is 11.8. The number of methoxy groups -OCH3 is 1. The van der Waals surface area contributed by atoms with Crippen LogP contribution < -0.4 is 11.1 Å². The molecule has 0 heterocycles. The van der Waals surface area contributed by atoms with Gasteiger partial charge in [0.05, 0.1) is 6.61 Å². The number of nitrogens with one attached hydrogen (secondary N) is 1. The number of nitrogens with two attached hydrogens (primary N) is 1. The van der Waals surface area contributed by atoms with Crippen LogP contribution in [0.1, 0.15) is 25.3 Å². The van der Waals surface area contributed by atoms with E-state index in [0.717, 1.165) is 24.1 Å². The van der Waals surface area contributed by atoms with Crippen LogP contribution >= 0.6 is 0 Å². The third-order valence-corrected chi connectivity index (χ3v) is 3.25. The predicted octanol–water partition coefficient (Wildman–Crippen LogP) is 2.19. The molecule has 0 aromatic heterocycles.